The van der Waals surface area contributed by atoms with E-state index in [1.807, 2.05) is 13.0 Å². The quantitative estimate of drug-likeness (QED) is 0.920. The van der Waals surface area contributed by atoms with E-state index in [-0.39, 0.29) is 5.91 Å². The number of rotatable bonds is 5. The normalized spacial score (nSPS) is 17.8. The van der Waals surface area contributed by atoms with E-state index in [9.17, 15) is 4.79 Å². The highest BCUT2D eigenvalue weighted by molar-refractivity contribution is 5.93. The van der Waals surface area contributed by atoms with Crippen LogP contribution in [-0.2, 0) is 6.54 Å². The van der Waals surface area contributed by atoms with E-state index in [2.05, 4.69) is 46.4 Å². The Bertz CT molecular complexity index is 714. The molecule has 2 aromatic rings. The molecule has 0 saturated carbocycles. The lowest BCUT2D eigenvalue weighted by atomic mass is 10.1. The van der Waals surface area contributed by atoms with Crippen LogP contribution in [0, 0.1) is 19.8 Å². The summed E-state index contributed by atoms with van der Waals surface area (Å²) in [6.45, 7) is 7.99. The lowest BCUT2D eigenvalue weighted by Crippen LogP contribution is -2.31. The van der Waals surface area contributed by atoms with Gasteiger partial charge in [-0.05, 0) is 55.5 Å². The number of likely N-dealkylation sites (tertiary alicyclic amines) is 1. The molecule has 1 atom stereocenters. The van der Waals surface area contributed by atoms with Crippen molar-refractivity contribution >= 4 is 5.91 Å². The number of nitrogens with zero attached hydrogens (tertiary/aromatic N) is 2. The van der Waals surface area contributed by atoms with Crippen LogP contribution in [0.5, 0.6) is 0 Å². The van der Waals surface area contributed by atoms with Gasteiger partial charge < -0.3 is 5.32 Å². The van der Waals surface area contributed by atoms with E-state index in [1.54, 1.807) is 12.4 Å². The summed E-state index contributed by atoms with van der Waals surface area (Å²) in [5.74, 6) is 0.499. The van der Waals surface area contributed by atoms with Crippen molar-refractivity contribution in [2.75, 3.05) is 19.6 Å². The highest BCUT2D eigenvalue weighted by atomic mass is 16.1. The van der Waals surface area contributed by atoms with Gasteiger partial charge in [-0.2, -0.15) is 0 Å². The van der Waals surface area contributed by atoms with Crippen molar-refractivity contribution in [3.8, 4) is 0 Å². The summed E-state index contributed by atoms with van der Waals surface area (Å²) in [6, 6.07) is 10.4. The molecule has 1 aliphatic rings. The molecule has 126 valence electrons. The summed E-state index contributed by atoms with van der Waals surface area (Å²) >= 11 is 0. The van der Waals surface area contributed by atoms with Crippen molar-refractivity contribution < 1.29 is 4.79 Å². The molecule has 0 radical (unpaired) electrons. The molecular formula is C20H25N3O. The average molecular weight is 323 g/mol. The molecule has 0 aliphatic carbocycles. The van der Waals surface area contributed by atoms with Crippen LogP contribution >= 0.6 is 0 Å². The van der Waals surface area contributed by atoms with Crippen LogP contribution in [0.25, 0.3) is 0 Å². The van der Waals surface area contributed by atoms with E-state index in [1.165, 1.54) is 11.1 Å². The molecule has 1 N–H and O–H groups in total. The Morgan fingerprint density at radius 1 is 1.29 bits per heavy atom. The van der Waals surface area contributed by atoms with Gasteiger partial charge in [-0.25, -0.2) is 0 Å². The molecule has 1 unspecified atom stereocenters. The standard InChI is InChI=1S/C20H25N3O/c1-15-9-19(12-21-10-15)20(24)22-11-17-7-8-23(13-17)14-18-6-4-3-5-16(18)2/h3-6,9-10,12,17H,7-8,11,13-14H2,1-2H3,(H,22,24). The number of aryl methyl sites for hydroxylation is 2. The van der Waals surface area contributed by atoms with Crippen LogP contribution in [0.3, 0.4) is 0 Å². The Hall–Kier alpha value is -2.20. The Kier molecular flexibility index (Phi) is 5.26. The predicted molar refractivity (Wildman–Crippen MR) is 95.9 cm³/mol. The molecule has 0 bridgehead atoms. The second-order valence-corrected chi connectivity index (χ2v) is 6.78. The first kappa shape index (κ1) is 16.7. The Labute approximate surface area is 143 Å². The molecule has 1 amide bonds. The molecule has 1 aliphatic heterocycles. The average Bonchev–Trinajstić information content (AvgIpc) is 3.02. The smallest absolute Gasteiger partial charge is 0.252 e. The third kappa shape index (κ3) is 4.20. The zero-order valence-electron chi connectivity index (χ0n) is 14.5. The van der Waals surface area contributed by atoms with E-state index in [0.717, 1.165) is 38.2 Å². The fraction of sp³-hybridized carbons (Fsp3) is 0.400. The molecule has 1 aromatic carbocycles. The third-order valence-electron chi connectivity index (χ3n) is 4.71. The molecule has 4 nitrogen and oxygen atoms in total. The number of aromatic nitrogens is 1. The van der Waals surface area contributed by atoms with Gasteiger partial charge in [-0.1, -0.05) is 24.3 Å². The highest BCUT2D eigenvalue weighted by Gasteiger charge is 2.23. The number of pyridine rings is 1. The predicted octanol–water partition coefficient (Wildman–Crippen LogP) is 2.95. The zero-order valence-corrected chi connectivity index (χ0v) is 14.5. The summed E-state index contributed by atoms with van der Waals surface area (Å²) < 4.78 is 0. The maximum Gasteiger partial charge on any atom is 0.252 e. The fourth-order valence-corrected chi connectivity index (χ4v) is 3.27. The molecule has 24 heavy (non-hydrogen) atoms. The van der Waals surface area contributed by atoms with Crippen LogP contribution in [0.4, 0.5) is 0 Å². The van der Waals surface area contributed by atoms with Crippen molar-refractivity contribution in [1.29, 1.82) is 0 Å². The lowest BCUT2D eigenvalue weighted by molar-refractivity contribution is 0.0947. The minimum atomic E-state index is -0.0245. The molecule has 1 saturated heterocycles. The van der Waals surface area contributed by atoms with Crippen molar-refractivity contribution in [3.63, 3.8) is 0 Å². The first-order valence-corrected chi connectivity index (χ1v) is 8.58. The molecule has 3 rings (SSSR count). The first-order chi connectivity index (χ1) is 11.6. The molecular weight excluding hydrogens is 298 g/mol. The van der Waals surface area contributed by atoms with Gasteiger partial charge in [0.25, 0.3) is 5.91 Å². The molecule has 2 heterocycles. The Morgan fingerprint density at radius 3 is 2.92 bits per heavy atom. The number of hydrogen-bond acceptors (Lipinski definition) is 3. The second kappa shape index (κ2) is 7.58. The molecule has 0 spiro atoms. The van der Waals surface area contributed by atoms with Gasteiger partial charge in [-0.15, -0.1) is 0 Å². The van der Waals surface area contributed by atoms with Crippen LogP contribution in [0.1, 0.15) is 33.5 Å². The summed E-state index contributed by atoms with van der Waals surface area (Å²) in [7, 11) is 0. The SMILES string of the molecule is Cc1cncc(C(=O)NCC2CCN(Cc3ccccc3C)C2)c1. The second-order valence-electron chi connectivity index (χ2n) is 6.78. The number of carbonyl (C=O) groups excluding carboxylic acids is 1. The van der Waals surface area contributed by atoms with Crippen molar-refractivity contribution in [1.82, 2.24) is 15.2 Å². The highest BCUT2D eigenvalue weighted by Crippen LogP contribution is 2.19. The van der Waals surface area contributed by atoms with Crippen LogP contribution in [-0.4, -0.2) is 35.4 Å². The molecule has 1 aromatic heterocycles. The summed E-state index contributed by atoms with van der Waals surface area (Å²) in [5.41, 5.74) is 4.40. The van der Waals surface area contributed by atoms with E-state index >= 15 is 0 Å². The zero-order chi connectivity index (χ0) is 16.9. The summed E-state index contributed by atoms with van der Waals surface area (Å²) in [6.07, 6.45) is 4.52. The number of hydrogen-bond donors (Lipinski definition) is 1. The largest absolute Gasteiger partial charge is 0.352 e. The van der Waals surface area contributed by atoms with Crippen molar-refractivity contribution in [3.05, 3.63) is 65.0 Å². The van der Waals surface area contributed by atoms with Gasteiger partial charge in [0.2, 0.25) is 0 Å². The lowest BCUT2D eigenvalue weighted by Gasteiger charge is -2.17. The topological polar surface area (TPSA) is 45.2 Å². The van der Waals surface area contributed by atoms with Crippen molar-refractivity contribution in [2.24, 2.45) is 5.92 Å². The van der Waals surface area contributed by atoms with Gasteiger partial charge in [0.15, 0.2) is 0 Å². The van der Waals surface area contributed by atoms with Gasteiger partial charge in [0, 0.05) is 32.0 Å². The van der Waals surface area contributed by atoms with E-state index < -0.39 is 0 Å². The number of carbonyl (C=O) groups is 1. The maximum absolute atomic E-state index is 12.2. The first-order valence-electron chi connectivity index (χ1n) is 8.58. The van der Waals surface area contributed by atoms with E-state index in [0.29, 0.717) is 11.5 Å². The van der Waals surface area contributed by atoms with Crippen molar-refractivity contribution in [2.45, 2.75) is 26.8 Å². The minimum Gasteiger partial charge on any atom is -0.352 e. The third-order valence-corrected chi connectivity index (χ3v) is 4.71. The van der Waals surface area contributed by atoms with Gasteiger partial charge in [-0.3, -0.25) is 14.7 Å². The Balaban J connectivity index is 1.48. The molecule has 4 heteroatoms. The number of amides is 1. The van der Waals surface area contributed by atoms with Crippen LogP contribution in [0.15, 0.2) is 42.7 Å². The monoisotopic (exact) mass is 323 g/mol. The van der Waals surface area contributed by atoms with E-state index in [4.69, 9.17) is 0 Å². The van der Waals surface area contributed by atoms with Crippen LogP contribution < -0.4 is 5.32 Å². The minimum absolute atomic E-state index is 0.0245. The fourth-order valence-electron chi connectivity index (χ4n) is 3.27. The summed E-state index contributed by atoms with van der Waals surface area (Å²) in [4.78, 5) is 18.8. The number of benzene rings is 1. The maximum atomic E-state index is 12.2. The Morgan fingerprint density at radius 2 is 2.12 bits per heavy atom. The van der Waals surface area contributed by atoms with Gasteiger partial charge >= 0.3 is 0 Å². The van der Waals surface area contributed by atoms with Gasteiger partial charge in [0.1, 0.15) is 0 Å². The number of nitrogens with one attached hydrogen (secondary N) is 1. The molecule has 1 fully saturated rings. The summed E-state index contributed by atoms with van der Waals surface area (Å²) in [5, 5.41) is 3.06. The van der Waals surface area contributed by atoms with Crippen LogP contribution in [0.2, 0.25) is 0 Å². The van der Waals surface area contributed by atoms with Gasteiger partial charge in [0.05, 0.1) is 5.56 Å².